The monoisotopic (exact) mass is 264 g/mol. The zero-order chi connectivity index (χ0) is 13.2. The van der Waals surface area contributed by atoms with Crippen LogP contribution in [0.5, 0.6) is 0 Å². The predicted octanol–water partition coefficient (Wildman–Crippen LogP) is 0.368. The molecule has 1 N–H and O–H groups in total. The normalized spacial score (nSPS) is 26.6. The van der Waals surface area contributed by atoms with Crippen LogP contribution in [0, 0.1) is 5.92 Å². The highest BCUT2D eigenvalue weighted by Gasteiger charge is 2.43. The lowest BCUT2D eigenvalue weighted by atomic mass is 10.0. The van der Waals surface area contributed by atoms with E-state index in [4.69, 9.17) is 5.11 Å². The van der Waals surface area contributed by atoms with Gasteiger partial charge in [-0.3, -0.25) is 4.79 Å². The van der Waals surface area contributed by atoms with E-state index in [1.165, 1.54) is 8.61 Å². The molecule has 0 aromatic heterocycles. The molecular weight excluding hydrogens is 244 g/mol. The summed E-state index contributed by atoms with van der Waals surface area (Å²) in [7, 11) is -3.51. The Morgan fingerprint density at radius 1 is 1.41 bits per heavy atom. The van der Waals surface area contributed by atoms with E-state index in [9.17, 15) is 13.2 Å². The Bertz CT molecular complexity index is 378. The molecule has 1 aliphatic rings. The molecule has 1 fully saturated rings. The number of carbonyl (C=O) groups is 1. The van der Waals surface area contributed by atoms with Gasteiger partial charge in [0.05, 0.1) is 5.92 Å². The number of carboxylic acids is 1. The van der Waals surface area contributed by atoms with Crippen LogP contribution < -0.4 is 0 Å². The summed E-state index contributed by atoms with van der Waals surface area (Å²) in [5, 5.41) is 8.99. The quantitative estimate of drug-likeness (QED) is 0.778. The van der Waals surface area contributed by atoms with Crippen molar-refractivity contribution in [2.24, 2.45) is 5.92 Å². The molecule has 0 aromatic rings. The first-order valence-electron chi connectivity index (χ1n) is 5.85. The molecule has 1 heterocycles. The van der Waals surface area contributed by atoms with Crippen molar-refractivity contribution in [3.05, 3.63) is 0 Å². The van der Waals surface area contributed by atoms with Crippen LogP contribution in [-0.4, -0.2) is 53.8 Å². The molecule has 0 amide bonds. The Labute approximate surface area is 102 Å². The summed E-state index contributed by atoms with van der Waals surface area (Å²) >= 11 is 0. The lowest BCUT2D eigenvalue weighted by Gasteiger charge is -2.28. The van der Waals surface area contributed by atoms with Crippen LogP contribution in [0.15, 0.2) is 0 Å². The second-order valence-corrected chi connectivity index (χ2v) is 6.06. The zero-order valence-electron chi connectivity index (χ0n) is 10.5. The van der Waals surface area contributed by atoms with Gasteiger partial charge in [0.25, 0.3) is 10.2 Å². The molecule has 0 spiro atoms. The summed E-state index contributed by atoms with van der Waals surface area (Å²) in [6, 6.07) is -0.474. The molecule has 100 valence electrons. The van der Waals surface area contributed by atoms with Crippen molar-refractivity contribution in [2.75, 3.05) is 19.6 Å². The van der Waals surface area contributed by atoms with E-state index in [-0.39, 0.29) is 6.54 Å². The van der Waals surface area contributed by atoms with Crippen LogP contribution in [0.3, 0.4) is 0 Å². The SMILES string of the molecule is CCN(CC)S(=O)(=O)N1CCC(C(=O)O)C1C. The Kier molecular flexibility index (Phi) is 4.51. The van der Waals surface area contributed by atoms with Crippen LogP contribution in [0.1, 0.15) is 27.2 Å². The number of carboxylic acid groups (broad SMARTS) is 1. The Morgan fingerprint density at radius 3 is 2.29 bits per heavy atom. The topological polar surface area (TPSA) is 77.9 Å². The highest BCUT2D eigenvalue weighted by atomic mass is 32.2. The number of hydrogen-bond acceptors (Lipinski definition) is 3. The van der Waals surface area contributed by atoms with E-state index >= 15 is 0 Å². The van der Waals surface area contributed by atoms with Gasteiger partial charge in [0.2, 0.25) is 0 Å². The maximum Gasteiger partial charge on any atom is 0.308 e. The van der Waals surface area contributed by atoms with Gasteiger partial charge in [0.15, 0.2) is 0 Å². The maximum atomic E-state index is 12.2. The summed E-state index contributed by atoms with van der Waals surface area (Å²) in [4.78, 5) is 11.0. The fourth-order valence-corrected chi connectivity index (χ4v) is 4.12. The van der Waals surface area contributed by atoms with E-state index < -0.39 is 28.1 Å². The van der Waals surface area contributed by atoms with Crippen molar-refractivity contribution in [2.45, 2.75) is 33.2 Å². The summed E-state index contributed by atoms with van der Waals surface area (Å²) < 4.78 is 27.1. The van der Waals surface area contributed by atoms with Crippen molar-refractivity contribution < 1.29 is 18.3 Å². The number of rotatable bonds is 5. The molecule has 17 heavy (non-hydrogen) atoms. The molecule has 2 unspecified atom stereocenters. The standard InChI is InChI=1S/C10H20N2O4S/c1-4-11(5-2)17(15,16)12-7-6-9(8(12)3)10(13)14/h8-9H,4-7H2,1-3H3,(H,13,14). The summed E-state index contributed by atoms with van der Waals surface area (Å²) in [6.45, 7) is 6.30. The Balaban J connectivity index is 2.92. The smallest absolute Gasteiger partial charge is 0.308 e. The molecule has 1 rings (SSSR count). The van der Waals surface area contributed by atoms with Gasteiger partial charge in [-0.15, -0.1) is 0 Å². The highest BCUT2D eigenvalue weighted by Crippen LogP contribution is 2.28. The second-order valence-electron chi connectivity index (χ2n) is 4.18. The van der Waals surface area contributed by atoms with E-state index in [1.807, 2.05) is 0 Å². The lowest BCUT2D eigenvalue weighted by Crippen LogP contribution is -2.46. The highest BCUT2D eigenvalue weighted by molar-refractivity contribution is 7.86. The number of nitrogens with zero attached hydrogens (tertiary/aromatic N) is 2. The molecule has 0 radical (unpaired) electrons. The van der Waals surface area contributed by atoms with Crippen LogP contribution >= 0.6 is 0 Å². The van der Waals surface area contributed by atoms with E-state index in [1.54, 1.807) is 20.8 Å². The minimum absolute atomic E-state index is 0.289. The molecule has 6 nitrogen and oxygen atoms in total. The van der Waals surface area contributed by atoms with Crippen molar-refractivity contribution in [1.82, 2.24) is 8.61 Å². The minimum atomic E-state index is -3.51. The Morgan fingerprint density at radius 2 is 1.94 bits per heavy atom. The number of hydrogen-bond donors (Lipinski definition) is 1. The molecule has 0 aliphatic carbocycles. The number of aliphatic carboxylic acids is 1. The van der Waals surface area contributed by atoms with Gasteiger partial charge in [-0.05, 0) is 13.3 Å². The van der Waals surface area contributed by atoms with Crippen LogP contribution in [0.2, 0.25) is 0 Å². The van der Waals surface area contributed by atoms with Crippen LogP contribution in [0.25, 0.3) is 0 Å². The molecular formula is C10H20N2O4S. The lowest BCUT2D eigenvalue weighted by molar-refractivity contribution is -0.142. The fourth-order valence-electron chi connectivity index (χ4n) is 2.27. The Hall–Kier alpha value is -0.660. The summed E-state index contributed by atoms with van der Waals surface area (Å²) in [6.07, 6.45) is 0.386. The van der Waals surface area contributed by atoms with E-state index in [2.05, 4.69) is 0 Å². The third-order valence-electron chi connectivity index (χ3n) is 3.34. The van der Waals surface area contributed by atoms with E-state index in [0.717, 1.165) is 0 Å². The fraction of sp³-hybridized carbons (Fsp3) is 0.900. The third kappa shape index (κ3) is 2.61. The van der Waals surface area contributed by atoms with Crippen molar-refractivity contribution >= 4 is 16.2 Å². The maximum absolute atomic E-state index is 12.2. The van der Waals surface area contributed by atoms with Crippen LogP contribution in [-0.2, 0) is 15.0 Å². The average Bonchev–Trinajstić information content (AvgIpc) is 2.62. The zero-order valence-corrected chi connectivity index (χ0v) is 11.3. The first-order valence-corrected chi connectivity index (χ1v) is 7.25. The van der Waals surface area contributed by atoms with Gasteiger partial charge in [0.1, 0.15) is 0 Å². The largest absolute Gasteiger partial charge is 0.481 e. The van der Waals surface area contributed by atoms with Gasteiger partial charge in [-0.2, -0.15) is 17.0 Å². The molecule has 1 aliphatic heterocycles. The minimum Gasteiger partial charge on any atom is -0.481 e. The molecule has 0 saturated carbocycles. The second kappa shape index (κ2) is 5.32. The first kappa shape index (κ1) is 14.4. The van der Waals surface area contributed by atoms with Gasteiger partial charge in [0, 0.05) is 25.7 Å². The van der Waals surface area contributed by atoms with Crippen molar-refractivity contribution in [1.29, 1.82) is 0 Å². The molecule has 0 aromatic carbocycles. The molecule has 0 bridgehead atoms. The van der Waals surface area contributed by atoms with Crippen molar-refractivity contribution in [3.8, 4) is 0 Å². The van der Waals surface area contributed by atoms with Gasteiger partial charge in [-0.25, -0.2) is 0 Å². The third-order valence-corrected chi connectivity index (χ3v) is 5.62. The van der Waals surface area contributed by atoms with E-state index in [0.29, 0.717) is 19.5 Å². The molecule has 7 heteroatoms. The average molecular weight is 264 g/mol. The van der Waals surface area contributed by atoms with Gasteiger partial charge >= 0.3 is 5.97 Å². The first-order chi connectivity index (χ1) is 7.86. The predicted molar refractivity (Wildman–Crippen MR) is 63.8 cm³/mol. The van der Waals surface area contributed by atoms with Crippen molar-refractivity contribution in [3.63, 3.8) is 0 Å². The van der Waals surface area contributed by atoms with Gasteiger partial charge < -0.3 is 5.11 Å². The molecule has 2 atom stereocenters. The van der Waals surface area contributed by atoms with Gasteiger partial charge in [-0.1, -0.05) is 13.8 Å². The summed E-state index contributed by atoms with van der Waals surface area (Å²) in [5.74, 6) is -1.52. The molecule has 1 saturated heterocycles. The summed E-state index contributed by atoms with van der Waals surface area (Å²) in [5.41, 5.74) is 0. The van der Waals surface area contributed by atoms with Crippen LogP contribution in [0.4, 0.5) is 0 Å².